The number of carbonyl (C=O) groups excluding carboxylic acids is 1. The van der Waals surface area contributed by atoms with Crippen molar-refractivity contribution in [3.05, 3.63) is 41.5 Å². The molecule has 0 aliphatic carbocycles. The van der Waals surface area contributed by atoms with Crippen molar-refractivity contribution in [2.45, 2.75) is 0 Å². The van der Waals surface area contributed by atoms with Gasteiger partial charge in [0, 0.05) is 0 Å². The molecule has 0 spiro atoms. The van der Waals surface area contributed by atoms with Gasteiger partial charge >= 0.3 is 17.9 Å². The maximum absolute atomic E-state index is 11.2. The van der Waals surface area contributed by atoms with Crippen LogP contribution in [-0.4, -0.2) is 39.1 Å². The Bertz CT molecular complexity index is 633. The molecule has 0 unspecified atom stereocenters. The van der Waals surface area contributed by atoms with Crippen LogP contribution in [0.2, 0.25) is 0 Å². The van der Waals surface area contributed by atoms with E-state index in [9.17, 15) is 19.2 Å². The summed E-state index contributed by atoms with van der Waals surface area (Å²) in [5.41, 5.74) is -2.74. The van der Waals surface area contributed by atoms with Crippen molar-refractivity contribution >= 4 is 29.5 Å². The number of amides is 1. The smallest absolute Gasteiger partial charge is 0.338 e. The zero-order valence-electron chi connectivity index (χ0n) is 9.91. The number of nitrogens with one attached hydrogen (secondary N) is 1. The number of carboxylic acid groups (broad SMARTS) is 3. The van der Waals surface area contributed by atoms with Gasteiger partial charge in [0.15, 0.2) is 0 Å². The lowest BCUT2D eigenvalue weighted by Crippen LogP contribution is -2.19. The van der Waals surface area contributed by atoms with E-state index in [0.29, 0.717) is 0 Å². The van der Waals surface area contributed by atoms with E-state index >= 15 is 0 Å². The monoisotopic (exact) mass is 279 g/mol. The van der Waals surface area contributed by atoms with Crippen molar-refractivity contribution < 1.29 is 34.5 Å². The number of anilines is 1. The topological polar surface area (TPSA) is 141 Å². The van der Waals surface area contributed by atoms with Crippen LogP contribution in [0.1, 0.15) is 31.1 Å². The fraction of sp³-hybridized carbons (Fsp3) is 0. The lowest BCUT2D eigenvalue weighted by molar-refractivity contribution is -0.111. The Kier molecular flexibility index (Phi) is 4.21. The molecule has 4 N–H and O–H groups in total. The normalized spacial score (nSPS) is 9.60. The molecule has 0 aliphatic rings. The minimum atomic E-state index is -1.73. The third kappa shape index (κ3) is 2.80. The zero-order valence-corrected chi connectivity index (χ0v) is 9.91. The molecule has 0 saturated carbocycles. The molecular weight excluding hydrogens is 270 g/mol. The molecule has 0 aliphatic heterocycles. The maximum Gasteiger partial charge on any atom is 0.338 e. The summed E-state index contributed by atoms with van der Waals surface area (Å²) in [6, 6.07) is 1.90. The number of aromatic carboxylic acids is 3. The predicted molar refractivity (Wildman–Crippen MR) is 66.1 cm³/mol. The van der Waals surface area contributed by atoms with E-state index in [1.165, 1.54) is 0 Å². The van der Waals surface area contributed by atoms with Crippen LogP contribution < -0.4 is 5.32 Å². The molecule has 1 amide bonds. The number of carbonyl (C=O) groups is 4. The Morgan fingerprint density at radius 3 is 1.90 bits per heavy atom. The number of rotatable bonds is 5. The minimum Gasteiger partial charge on any atom is -0.478 e. The van der Waals surface area contributed by atoms with Crippen molar-refractivity contribution in [2.24, 2.45) is 0 Å². The molecule has 1 aromatic rings. The SMILES string of the molecule is C=CC(=O)Nc1ccc(C(=O)O)c(C(=O)O)c1C(=O)O. The average molecular weight is 279 g/mol. The second kappa shape index (κ2) is 5.65. The van der Waals surface area contributed by atoms with E-state index in [0.717, 1.165) is 18.2 Å². The van der Waals surface area contributed by atoms with Crippen LogP contribution >= 0.6 is 0 Å². The number of hydrogen-bond donors (Lipinski definition) is 4. The molecule has 0 saturated heterocycles. The highest BCUT2D eigenvalue weighted by molar-refractivity contribution is 6.14. The van der Waals surface area contributed by atoms with E-state index in [1.807, 2.05) is 0 Å². The van der Waals surface area contributed by atoms with Crippen molar-refractivity contribution in [2.75, 3.05) is 5.32 Å². The van der Waals surface area contributed by atoms with Gasteiger partial charge in [0.2, 0.25) is 5.91 Å². The van der Waals surface area contributed by atoms with Crippen LogP contribution in [0.15, 0.2) is 24.8 Å². The van der Waals surface area contributed by atoms with E-state index in [-0.39, 0.29) is 5.69 Å². The molecule has 0 atom stereocenters. The number of carboxylic acids is 3. The first-order valence-electron chi connectivity index (χ1n) is 5.09. The summed E-state index contributed by atoms with van der Waals surface area (Å²) < 4.78 is 0. The van der Waals surface area contributed by atoms with Gasteiger partial charge in [-0.25, -0.2) is 14.4 Å². The van der Waals surface area contributed by atoms with Gasteiger partial charge in [-0.15, -0.1) is 0 Å². The Morgan fingerprint density at radius 2 is 1.50 bits per heavy atom. The molecule has 8 heteroatoms. The lowest BCUT2D eigenvalue weighted by Gasteiger charge is -2.11. The summed E-state index contributed by atoms with van der Waals surface area (Å²) in [6.07, 6.45) is 0.858. The van der Waals surface area contributed by atoms with E-state index in [1.54, 1.807) is 0 Å². The second-order valence-corrected chi connectivity index (χ2v) is 3.52. The first-order chi connectivity index (χ1) is 9.29. The van der Waals surface area contributed by atoms with Gasteiger partial charge in [-0.3, -0.25) is 4.79 Å². The van der Waals surface area contributed by atoms with Gasteiger partial charge < -0.3 is 20.6 Å². The standard InChI is InChI=1S/C12H9NO7/c1-2-7(14)13-6-4-3-5(10(15)16)8(11(17)18)9(6)12(19)20/h2-4H,1H2,(H,13,14)(H,15,16)(H,17,18)(H,19,20). The van der Waals surface area contributed by atoms with Gasteiger partial charge in [-0.1, -0.05) is 6.58 Å². The van der Waals surface area contributed by atoms with Gasteiger partial charge in [0.25, 0.3) is 0 Å². The van der Waals surface area contributed by atoms with Crippen LogP contribution in [0.25, 0.3) is 0 Å². The predicted octanol–water partition coefficient (Wildman–Crippen LogP) is 0.906. The van der Waals surface area contributed by atoms with E-state index < -0.39 is 40.5 Å². The maximum atomic E-state index is 11.2. The molecule has 104 valence electrons. The summed E-state index contributed by atoms with van der Waals surface area (Å²) in [5.74, 6) is -5.75. The lowest BCUT2D eigenvalue weighted by atomic mass is 9.99. The highest BCUT2D eigenvalue weighted by Gasteiger charge is 2.27. The Labute approximate surface area is 112 Å². The molecule has 1 aromatic carbocycles. The second-order valence-electron chi connectivity index (χ2n) is 3.52. The fourth-order valence-electron chi connectivity index (χ4n) is 1.51. The zero-order chi connectivity index (χ0) is 15.4. The highest BCUT2D eigenvalue weighted by Crippen LogP contribution is 2.24. The van der Waals surface area contributed by atoms with Gasteiger partial charge in [-0.05, 0) is 18.2 Å². The molecule has 1 rings (SSSR count). The average Bonchev–Trinajstić information content (AvgIpc) is 2.36. The highest BCUT2D eigenvalue weighted by atomic mass is 16.4. The summed E-state index contributed by atoms with van der Waals surface area (Å²) in [6.45, 7) is 3.16. The van der Waals surface area contributed by atoms with Gasteiger partial charge in [-0.2, -0.15) is 0 Å². The molecular formula is C12H9NO7. The van der Waals surface area contributed by atoms with Crippen molar-refractivity contribution in [3.63, 3.8) is 0 Å². The third-order valence-electron chi connectivity index (χ3n) is 2.31. The largest absolute Gasteiger partial charge is 0.478 e. The molecule has 20 heavy (non-hydrogen) atoms. The molecule has 0 bridgehead atoms. The summed E-state index contributed by atoms with van der Waals surface area (Å²) in [4.78, 5) is 44.4. The van der Waals surface area contributed by atoms with Crippen LogP contribution in [0.3, 0.4) is 0 Å². The summed E-state index contributed by atoms with van der Waals surface area (Å²) >= 11 is 0. The van der Waals surface area contributed by atoms with Gasteiger partial charge in [0.1, 0.15) is 0 Å². The van der Waals surface area contributed by atoms with Crippen molar-refractivity contribution in [1.29, 1.82) is 0 Å². The third-order valence-corrected chi connectivity index (χ3v) is 2.31. The molecule has 0 fully saturated rings. The Morgan fingerprint density at radius 1 is 0.950 bits per heavy atom. The van der Waals surface area contributed by atoms with Gasteiger partial charge in [0.05, 0.1) is 22.4 Å². The molecule has 0 aromatic heterocycles. The first kappa shape index (κ1) is 14.9. The van der Waals surface area contributed by atoms with Crippen LogP contribution in [0, 0.1) is 0 Å². The Hall–Kier alpha value is -3.16. The molecule has 0 radical (unpaired) electrons. The number of hydrogen-bond acceptors (Lipinski definition) is 4. The summed E-state index contributed by atoms with van der Waals surface area (Å²) in [7, 11) is 0. The minimum absolute atomic E-state index is 0.329. The van der Waals surface area contributed by atoms with E-state index in [4.69, 9.17) is 15.3 Å². The molecule has 8 nitrogen and oxygen atoms in total. The van der Waals surface area contributed by atoms with Crippen molar-refractivity contribution in [1.82, 2.24) is 0 Å². The molecule has 0 heterocycles. The summed E-state index contributed by atoms with van der Waals surface area (Å²) in [5, 5.41) is 29.0. The quantitative estimate of drug-likeness (QED) is 0.587. The Balaban J connectivity index is 3.64. The van der Waals surface area contributed by atoms with Crippen molar-refractivity contribution in [3.8, 4) is 0 Å². The van der Waals surface area contributed by atoms with Crippen LogP contribution in [-0.2, 0) is 4.79 Å². The fourth-order valence-corrected chi connectivity index (χ4v) is 1.51. The number of benzene rings is 1. The van der Waals surface area contributed by atoms with Crippen LogP contribution in [0.5, 0.6) is 0 Å². The van der Waals surface area contributed by atoms with Crippen LogP contribution in [0.4, 0.5) is 5.69 Å². The first-order valence-corrected chi connectivity index (χ1v) is 5.09. The van der Waals surface area contributed by atoms with E-state index in [2.05, 4.69) is 11.9 Å².